The average molecular weight is 280 g/mol. The Balaban J connectivity index is 2.06. The predicted octanol–water partition coefficient (Wildman–Crippen LogP) is 3.93. The van der Waals surface area contributed by atoms with E-state index in [0.29, 0.717) is 16.3 Å². The van der Waals surface area contributed by atoms with E-state index in [2.05, 4.69) is 5.32 Å². The summed E-state index contributed by atoms with van der Waals surface area (Å²) in [7, 11) is 0. The maximum atomic E-state index is 13.5. The molecule has 4 heteroatoms. The number of benzene rings is 2. The first-order chi connectivity index (χ1) is 9.08. The molecule has 2 aromatic carbocycles. The topological polar surface area (TPSA) is 32.3 Å². The Morgan fingerprint density at radius 2 is 2.00 bits per heavy atom. The van der Waals surface area contributed by atoms with E-state index in [4.69, 9.17) is 11.6 Å². The third-order valence-corrected chi connectivity index (χ3v) is 3.22. The SMILES string of the molecule is Cc1ccc(F)c(NCC(O)c2ccccc2Cl)c1. The van der Waals surface area contributed by atoms with Crippen LogP contribution in [0.1, 0.15) is 17.2 Å². The standard InChI is InChI=1S/C15H15ClFNO/c1-10-6-7-13(17)14(8-10)18-9-15(19)11-4-2-3-5-12(11)16/h2-8,15,18-19H,9H2,1H3. The number of halogens is 2. The lowest BCUT2D eigenvalue weighted by atomic mass is 10.1. The van der Waals surface area contributed by atoms with Crippen LogP contribution in [0.2, 0.25) is 5.02 Å². The minimum Gasteiger partial charge on any atom is -0.387 e. The highest BCUT2D eigenvalue weighted by molar-refractivity contribution is 6.31. The van der Waals surface area contributed by atoms with Gasteiger partial charge in [-0.05, 0) is 30.7 Å². The van der Waals surface area contributed by atoms with Crippen LogP contribution in [-0.4, -0.2) is 11.7 Å². The summed E-state index contributed by atoms with van der Waals surface area (Å²) in [6.45, 7) is 2.08. The van der Waals surface area contributed by atoms with E-state index in [1.807, 2.05) is 6.92 Å². The van der Waals surface area contributed by atoms with Crippen LogP contribution in [0.4, 0.5) is 10.1 Å². The van der Waals surface area contributed by atoms with Gasteiger partial charge >= 0.3 is 0 Å². The number of nitrogens with one attached hydrogen (secondary N) is 1. The van der Waals surface area contributed by atoms with Crippen LogP contribution in [0.3, 0.4) is 0 Å². The van der Waals surface area contributed by atoms with Crippen molar-refractivity contribution in [2.75, 3.05) is 11.9 Å². The fourth-order valence-electron chi connectivity index (χ4n) is 1.84. The Labute approximate surface area is 116 Å². The van der Waals surface area contributed by atoms with Gasteiger partial charge in [-0.2, -0.15) is 0 Å². The van der Waals surface area contributed by atoms with Gasteiger partial charge in [0.25, 0.3) is 0 Å². The molecule has 100 valence electrons. The number of aryl methyl sites for hydroxylation is 1. The lowest BCUT2D eigenvalue weighted by molar-refractivity contribution is 0.191. The molecule has 0 aliphatic carbocycles. The number of rotatable bonds is 4. The fourth-order valence-corrected chi connectivity index (χ4v) is 2.10. The normalized spacial score (nSPS) is 12.2. The quantitative estimate of drug-likeness (QED) is 0.889. The van der Waals surface area contributed by atoms with Crippen molar-refractivity contribution in [1.29, 1.82) is 0 Å². The van der Waals surface area contributed by atoms with Crippen molar-refractivity contribution < 1.29 is 9.50 Å². The number of aliphatic hydroxyl groups excluding tert-OH is 1. The van der Waals surface area contributed by atoms with E-state index >= 15 is 0 Å². The molecule has 1 atom stereocenters. The lowest BCUT2D eigenvalue weighted by Crippen LogP contribution is -2.13. The average Bonchev–Trinajstić information content (AvgIpc) is 2.40. The molecule has 0 bridgehead atoms. The first kappa shape index (κ1) is 13.8. The van der Waals surface area contributed by atoms with E-state index in [-0.39, 0.29) is 12.4 Å². The molecule has 0 saturated heterocycles. The maximum absolute atomic E-state index is 13.5. The predicted molar refractivity (Wildman–Crippen MR) is 76.0 cm³/mol. The summed E-state index contributed by atoms with van der Waals surface area (Å²) in [6, 6.07) is 11.9. The van der Waals surface area contributed by atoms with Gasteiger partial charge in [0.1, 0.15) is 5.82 Å². The van der Waals surface area contributed by atoms with E-state index in [0.717, 1.165) is 5.56 Å². The Morgan fingerprint density at radius 3 is 2.74 bits per heavy atom. The van der Waals surface area contributed by atoms with Crippen molar-refractivity contribution >= 4 is 17.3 Å². The van der Waals surface area contributed by atoms with Crippen molar-refractivity contribution in [1.82, 2.24) is 0 Å². The van der Waals surface area contributed by atoms with Gasteiger partial charge in [-0.25, -0.2) is 4.39 Å². The van der Waals surface area contributed by atoms with E-state index < -0.39 is 6.10 Å². The minimum absolute atomic E-state index is 0.199. The van der Waals surface area contributed by atoms with Crippen LogP contribution in [-0.2, 0) is 0 Å². The molecule has 0 aliphatic heterocycles. The van der Waals surface area contributed by atoms with E-state index in [9.17, 15) is 9.50 Å². The second kappa shape index (κ2) is 6.04. The lowest BCUT2D eigenvalue weighted by Gasteiger charge is -2.15. The molecule has 0 radical (unpaired) electrons. The molecule has 2 aromatic rings. The van der Waals surface area contributed by atoms with Gasteiger partial charge in [0, 0.05) is 17.1 Å². The molecule has 0 saturated carbocycles. The first-order valence-electron chi connectivity index (χ1n) is 6.00. The molecule has 2 nitrogen and oxygen atoms in total. The number of hydrogen-bond donors (Lipinski definition) is 2. The summed E-state index contributed by atoms with van der Waals surface area (Å²) in [5.41, 5.74) is 1.96. The Bertz CT molecular complexity index is 574. The Kier molecular flexibility index (Phi) is 4.40. The molecular weight excluding hydrogens is 265 g/mol. The van der Waals surface area contributed by atoms with Crippen LogP contribution < -0.4 is 5.32 Å². The number of aliphatic hydroxyl groups is 1. The van der Waals surface area contributed by atoms with Crippen LogP contribution in [0.15, 0.2) is 42.5 Å². The zero-order valence-corrected chi connectivity index (χ0v) is 11.3. The first-order valence-corrected chi connectivity index (χ1v) is 6.38. The van der Waals surface area contributed by atoms with Crippen LogP contribution in [0.25, 0.3) is 0 Å². The third kappa shape index (κ3) is 3.46. The fraction of sp³-hybridized carbons (Fsp3) is 0.200. The number of anilines is 1. The number of hydrogen-bond acceptors (Lipinski definition) is 2. The molecule has 0 fully saturated rings. The summed E-state index contributed by atoms with van der Waals surface area (Å²) < 4.78 is 13.5. The zero-order valence-electron chi connectivity index (χ0n) is 10.5. The molecule has 0 amide bonds. The Morgan fingerprint density at radius 1 is 1.26 bits per heavy atom. The highest BCUT2D eigenvalue weighted by Crippen LogP contribution is 2.23. The van der Waals surface area contributed by atoms with E-state index in [1.165, 1.54) is 6.07 Å². The van der Waals surface area contributed by atoms with Crippen molar-refractivity contribution in [2.45, 2.75) is 13.0 Å². The monoisotopic (exact) mass is 279 g/mol. The summed E-state index contributed by atoms with van der Waals surface area (Å²) in [5, 5.41) is 13.5. The molecule has 0 spiro atoms. The van der Waals surface area contributed by atoms with Crippen molar-refractivity contribution in [3.8, 4) is 0 Å². The van der Waals surface area contributed by atoms with Crippen molar-refractivity contribution in [3.63, 3.8) is 0 Å². The largest absolute Gasteiger partial charge is 0.387 e. The molecule has 1 unspecified atom stereocenters. The van der Waals surface area contributed by atoms with Crippen LogP contribution >= 0.6 is 11.6 Å². The molecule has 0 heterocycles. The van der Waals surface area contributed by atoms with Crippen LogP contribution in [0.5, 0.6) is 0 Å². The third-order valence-electron chi connectivity index (χ3n) is 2.87. The maximum Gasteiger partial charge on any atom is 0.146 e. The summed E-state index contributed by atoms with van der Waals surface area (Å²) in [5.74, 6) is -0.336. The van der Waals surface area contributed by atoms with Gasteiger partial charge in [0.15, 0.2) is 0 Å². The molecule has 19 heavy (non-hydrogen) atoms. The minimum atomic E-state index is -0.784. The van der Waals surface area contributed by atoms with Gasteiger partial charge in [-0.3, -0.25) is 0 Å². The molecule has 2 N–H and O–H groups in total. The van der Waals surface area contributed by atoms with Gasteiger partial charge in [0.05, 0.1) is 11.8 Å². The highest BCUT2D eigenvalue weighted by atomic mass is 35.5. The summed E-state index contributed by atoms with van der Waals surface area (Å²) in [6.07, 6.45) is -0.784. The van der Waals surface area contributed by atoms with Gasteiger partial charge in [-0.1, -0.05) is 35.9 Å². The summed E-state index contributed by atoms with van der Waals surface area (Å²) in [4.78, 5) is 0. The molecule has 2 rings (SSSR count). The molecule has 0 aromatic heterocycles. The summed E-state index contributed by atoms with van der Waals surface area (Å²) >= 11 is 6.00. The van der Waals surface area contributed by atoms with Crippen molar-refractivity contribution in [2.24, 2.45) is 0 Å². The second-order valence-corrected chi connectivity index (χ2v) is 4.81. The highest BCUT2D eigenvalue weighted by Gasteiger charge is 2.11. The molecular formula is C15H15ClFNO. The van der Waals surface area contributed by atoms with Gasteiger partial charge < -0.3 is 10.4 Å². The van der Waals surface area contributed by atoms with Gasteiger partial charge in [-0.15, -0.1) is 0 Å². The smallest absolute Gasteiger partial charge is 0.146 e. The van der Waals surface area contributed by atoms with Crippen LogP contribution in [0, 0.1) is 12.7 Å². The molecule has 0 aliphatic rings. The van der Waals surface area contributed by atoms with Crippen molar-refractivity contribution in [3.05, 3.63) is 64.4 Å². The van der Waals surface area contributed by atoms with Gasteiger partial charge in [0.2, 0.25) is 0 Å². The zero-order chi connectivity index (χ0) is 13.8. The van der Waals surface area contributed by atoms with E-state index in [1.54, 1.807) is 36.4 Å². The second-order valence-electron chi connectivity index (χ2n) is 4.40. The Hall–Kier alpha value is -1.58.